The van der Waals surface area contributed by atoms with Crippen LogP contribution in [0.25, 0.3) is 0 Å². The lowest BCUT2D eigenvalue weighted by Gasteiger charge is -2.13. The third-order valence-corrected chi connectivity index (χ3v) is 2.90. The molecule has 1 atom stereocenters. The third-order valence-electron chi connectivity index (χ3n) is 2.90. The molecule has 0 aromatic heterocycles. The highest BCUT2D eigenvalue weighted by atomic mass is 16.5. The zero-order valence-corrected chi connectivity index (χ0v) is 11.9. The summed E-state index contributed by atoms with van der Waals surface area (Å²) in [6.45, 7) is 4.73. The van der Waals surface area contributed by atoms with E-state index in [1.165, 1.54) is 12.1 Å². The Balaban J connectivity index is 2.38. The quantitative estimate of drug-likeness (QED) is 0.715. The molecule has 0 radical (unpaired) electrons. The molecule has 0 saturated carbocycles. The molecular formula is C15H21NO4. The lowest BCUT2D eigenvalue weighted by molar-refractivity contribution is -0.131. The second-order valence-corrected chi connectivity index (χ2v) is 4.59. The summed E-state index contributed by atoms with van der Waals surface area (Å²) in [7, 11) is 0. The Morgan fingerprint density at radius 3 is 2.50 bits per heavy atom. The molecule has 0 spiro atoms. The number of carbonyl (C=O) groups is 2. The molecule has 0 heterocycles. The average Bonchev–Trinajstić information content (AvgIpc) is 2.45. The van der Waals surface area contributed by atoms with Crippen molar-refractivity contribution in [2.75, 3.05) is 6.61 Å². The molecule has 5 nitrogen and oxygen atoms in total. The van der Waals surface area contributed by atoms with E-state index in [1.54, 1.807) is 19.1 Å². The number of amides is 1. The van der Waals surface area contributed by atoms with Crippen molar-refractivity contribution in [2.24, 2.45) is 0 Å². The van der Waals surface area contributed by atoms with Crippen molar-refractivity contribution in [1.29, 1.82) is 0 Å². The van der Waals surface area contributed by atoms with Crippen LogP contribution >= 0.6 is 0 Å². The summed E-state index contributed by atoms with van der Waals surface area (Å²) < 4.78 is 5.39. The van der Waals surface area contributed by atoms with E-state index in [1.807, 2.05) is 0 Å². The summed E-state index contributed by atoms with van der Waals surface area (Å²) in [6.07, 6.45) is 1.50. The van der Waals surface area contributed by atoms with Gasteiger partial charge >= 0.3 is 5.97 Å². The van der Waals surface area contributed by atoms with Crippen LogP contribution in [0, 0.1) is 0 Å². The third kappa shape index (κ3) is 5.40. The molecule has 20 heavy (non-hydrogen) atoms. The summed E-state index contributed by atoms with van der Waals surface area (Å²) in [5, 5.41) is 11.5. The monoisotopic (exact) mass is 279 g/mol. The molecule has 5 heteroatoms. The Morgan fingerprint density at radius 1 is 1.30 bits per heavy atom. The summed E-state index contributed by atoms with van der Waals surface area (Å²) in [6, 6.07) is 6.41. The number of carboxylic acid groups (broad SMARTS) is 1. The molecule has 110 valence electrons. The summed E-state index contributed by atoms with van der Waals surface area (Å²) in [4.78, 5) is 22.5. The Labute approximate surface area is 118 Å². The number of aromatic carboxylic acids is 1. The van der Waals surface area contributed by atoms with Crippen LogP contribution in [0.4, 0.5) is 0 Å². The number of unbranched alkanes of at least 4 members (excludes halogenated alkanes) is 1. The Kier molecular flexibility index (Phi) is 6.73. The molecule has 1 aromatic rings. The number of hydrogen-bond acceptors (Lipinski definition) is 3. The number of carbonyl (C=O) groups excluding carboxylic acids is 1. The van der Waals surface area contributed by atoms with Gasteiger partial charge in [0.05, 0.1) is 5.56 Å². The number of carboxylic acids is 1. The van der Waals surface area contributed by atoms with Gasteiger partial charge < -0.3 is 15.2 Å². The van der Waals surface area contributed by atoms with E-state index in [0.717, 1.165) is 18.4 Å². The predicted molar refractivity (Wildman–Crippen MR) is 75.6 cm³/mol. The first-order valence-corrected chi connectivity index (χ1v) is 6.76. The minimum absolute atomic E-state index is 0.164. The molecular weight excluding hydrogens is 258 g/mol. The van der Waals surface area contributed by atoms with Crippen molar-refractivity contribution in [1.82, 2.24) is 5.32 Å². The van der Waals surface area contributed by atoms with Gasteiger partial charge in [0.2, 0.25) is 5.91 Å². The van der Waals surface area contributed by atoms with Crippen LogP contribution in [0.15, 0.2) is 24.3 Å². The van der Waals surface area contributed by atoms with E-state index in [0.29, 0.717) is 13.2 Å². The predicted octanol–water partition coefficient (Wildman–Crippen LogP) is 2.21. The fourth-order valence-corrected chi connectivity index (χ4v) is 1.58. The minimum Gasteiger partial charge on any atom is -0.478 e. The zero-order chi connectivity index (χ0) is 15.0. The van der Waals surface area contributed by atoms with Crippen LogP contribution in [0.1, 0.15) is 42.6 Å². The van der Waals surface area contributed by atoms with Crippen molar-refractivity contribution >= 4 is 11.9 Å². The number of ether oxygens (including phenoxy) is 1. The van der Waals surface area contributed by atoms with Crippen molar-refractivity contribution in [3.63, 3.8) is 0 Å². The first-order chi connectivity index (χ1) is 9.54. The number of rotatable bonds is 8. The van der Waals surface area contributed by atoms with Gasteiger partial charge in [-0.1, -0.05) is 25.5 Å². The van der Waals surface area contributed by atoms with Crippen molar-refractivity contribution < 1.29 is 19.4 Å². The zero-order valence-electron chi connectivity index (χ0n) is 11.9. The van der Waals surface area contributed by atoms with Crippen LogP contribution in [0.5, 0.6) is 0 Å². The fraction of sp³-hybridized carbons (Fsp3) is 0.467. The van der Waals surface area contributed by atoms with Gasteiger partial charge in [-0.25, -0.2) is 4.79 Å². The maximum absolute atomic E-state index is 11.8. The standard InChI is InChI=1S/C15H21NO4/c1-3-4-9-20-11(2)14(17)16-10-12-5-7-13(8-6-12)15(18)19/h5-8,11H,3-4,9-10H2,1-2H3,(H,16,17)(H,18,19). The van der Waals surface area contributed by atoms with Gasteiger partial charge in [0.1, 0.15) is 6.10 Å². The topological polar surface area (TPSA) is 75.6 Å². The van der Waals surface area contributed by atoms with Crippen LogP contribution in [-0.4, -0.2) is 29.7 Å². The molecule has 0 aliphatic rings. The normalized spacial score (nSPS) is 11.9. The average molecular weight is 279 g/mol. The van der Waals surface area contributed by atoms with Crippen LogP contribution in [-0.2, 0) is 16.1 Å². The van der Waals surface area contributed by atoms with Gasteiger partial charge in [0, 0.05) is 13.2 Å². The highest BCUT2D eigenvalue weighted by molar-refractivity contribution is 5.87. The summed E-state index contributed by atoms with van der Waals surface area (Å²) in [5.74, 6) is -1.12. The first-order valence-electron chi connectivity index (χ1n) is 6.76. The first kappa shape index (κ1) is 16.2. The van der Waals surface area contributed by atoms with E-state index in [9.17, 15) is 9.59 Å². The van der Waals surface area contributed by atoms with Gasteiger partial charge in [0.15, 0.2) is 0 Å². The highest BCUT2D eigenvalue weighted by Crippen LogP contribution is 2.04. The summed E-state index contributed by atoms with van der Waals surface area (Å²) in [5.41, 5.74) is 1.08. The summed E-state index contributed by atoms with van der Waals surface area (Å²) >= 11 is 0. The van der Waals surface area contributed by atoms with Crippen LogP contribution in [0.3, 0.4) is 0 Å². The van der Waals surface area contributed by atoms with Crippen LogP contribution in [0.2, 0.25) is 0 Å². The highest BCUT2D eigenvalue weighted by Gasteiger charge is 2.12. The van der Waals surface area contributed by atoms with E-state index in [2.05, 4.69) is 12.2 Å². The van der Waals surface area contributed by atoms with Gasteiger partial charge in [-0.2, -0.15) is 0 Å². The SMILES string of the molecule is CCCCOC(C)C(=O)NCc1ccc(C(=O)O)cc1. The van der Waals surface area contributed by atoms with Gasteiger partial charge in [0.25, 0.3) is 0 Å². The largest absolute Gasteiger partial charge is 0.478 e. The Bertz CT molecular complexity index is 442. The fourth-order valence-electron chi connectivity index (χ4n) is 1.58. The smallest absolute Gasteiger partial charge is 0.335 e. The van der Waals surface area contributed by atoms with E-state index >= 15 is 0 Å². The molecule has 0 saturated heterocycles. The molecule has 0 bridgehead atoms. The molecule has 0 aliphatic heterocycles. The molecule has 1 rings (SSSR count). The van der Waals surface area contributed by atoms with Crippen molar-refractivity contribution in [3.05, 3.63) is 35.4 Å². The van der Waals surface area contributed by atoms with Crippen LogP contribution < -0.4 is 5.32 Å². The molecule has 1 unspecified atom stereocenters. The maximum Gasteiger partial charge on any atom is 0.335 e. The Morgan fingerprint density at radius 2 is 1.95 bits per heavy atom. The van der Waals surface area contributed by atoms with E-state index in [4.69, 9.17) is 9.84 Å². The molecule has 1 aromatic carbocycles. The number of nitrogens with one attached hydrogen (secondary N) is 1. The van der Waals surface area contributed by atoms with E-state index in [-0.39, 0.29) is 11.5 Å². The second kappa shape index (κ2) is 8.32. The van der Waals surface area contributed by atoms with Gasteiger partial charge in [-0.3, -0.25) is 4.79 Å². The lowest BCUT2D eigenvalue weighted by atomic mass is 10.1. The van der Waals surface area contributed by atoms with Gasteiger partial charge in [-0.05, 0) is 31.0 Å². The maximum atomic E-state index is 11.8. The number of benzene rings is 1. The second-order valence-electron chi connectivity index (χ2n) is 4.59. The van der Waals surface area contributed by atoms with Crippen molar-refractivity contribution in [3.8, 4) is 0 Å². The minimum atomic E-state index is -0.960. The molecule has 0 fully saturated rings. The lowest BCUT2D eigenvalue weighted by Crippen LogP contribution is -2.34. The molecule has 2 N–H and O–H groups in total. The van der Waals surface area contributed by atoms with E-state index < -0.39 is 12.1 Å². The number of hydrogen-bond donors (Lipinski definition) is 2. The molecule has 0 aliphatic carbocycles. The molecule has 1 amide bonds. The van der Waals surface area contributed by atoms with Gasteiger partial charge in [-0.15, -0.1) is 0 Å². The van der Waals surface area contributed by atoms with Crippen molar-refractivity contribution in [2.45, 2.75) is 39.3 Å². The Hall–Kier alpha value is -1.88.